The van der Waals surface area contributed by atoms with E-state index >= 15 is 0 Å². The van der Waals surface area contributed by atoms with Crippen LogP contribution in [0, 0.1) is 5.92 Å². The molecule has 7 heteroatoms. The molecule has 0 spiro atoms. The Hall–Kier alpha value is -1.92. The summed E-state index contributed by atoms with van der Waals surface area (Å²) >= 11 is 0. The number of hydrogen-bond donors (Lipinski definition) is 2. The fourth-order valence-electron chi connectivity index (χ4n) is 1.60. The first-order chi connectivity index (χ1) is 8.45. The SMILES string of the molecule is CCNC(=O)Cn1nnc(C(=O)O)c1CC(C)C. The highest BCUT2D eigenvalue weighted by Gasteiger charge is 2.20. The fraction of sp³-hybridized carbons (Fsp3) is 0.636. The molecule has 0 unspecified atom stereocenters. The van der Waals surface area contributed by atoms with Crippen LogP contribution >= 0.6 is 0 Å². The Balaban J connectivity index is 2.96. The Morgan fingerprint density at radius 2 is 2.11 bits per heavy atom. The van der Waals surface area contributed by atoms with Gasteiger partial charge < -0.3 is 10.4 Å². The first kappa shape index (κ1) is 14.1. The molecule has 0 aliphatic heterocycles. The molecule has 0 aliphatic carbocycles. The maximum absolute atomic E-state index is 11.5. The van der Waals surface area contributed by atoms with Crippen LogP contribution in [0.1, 0.15) is 37.0 Å². The highest BCUT2D eigenvalue weighted by atomic mass is 16.4. The molecule has 1 amide bonds. The molecule has 0 aliphatic rings. The number of hydrogen-bond acceptors (Lipinski definition) is 4. The van der Waals surface area contributed by atoms with Crippen molar-refractivity contribution in [3.63, 3.8) is 0 Å². The lowest BCUT2D eigenvalue weighted by atomic mass is 10.1. The Bertz CT molecular complexity index is 439. The van der Waals surface area contributed by atoms with Gasteiger partial charge in [0.2, 0.25) is 5.91 Å². The standard InChI is InChI=1S/C11H18N4O3/c1-4-12-9(16)6-15-8(5-7(2)3)10(11(17)18)13-14-15/h7H,4-6H2,1-3H3,(H,12,16)(H,17,18). The third kappa shape index (κ3) is 3.54. The molecule has 0 bridgehead atoms. The molecular weight excluding hydrogens is 236 g/mol. The van der Waals surface area contributed by atoms with E-state index in [2.05, 4.69) is 15.6 Å². The molecular formula is C11H18N4O3. The third-order valence-electron chi connectivity index (χ3n) is 2.31. The summed E-state index contributed by atoms with van der Waals surface area (Å²) in [4.78, 5) is 22.5. The second kappa shape index (κ2) is 6.13. The summed E-state index contributed by atoms with van der Waals surface area (Å²) < 4.78 is 1.36. The van der Waals surface area contributed by atoms with E-state index in [4.69, 9.17) is 5.11 Å². The Labute approximate surface area is 105 Å². The van der Waals surface area contributed by atoms with E-state index < -0.39 is 5.97 Å². The van der Waals surface area contributed by atoms with Gasteiger partial charge in [0.25, 0.3) is 0 Å². The van der Waals surface area contributed by atoms with E-state index in [0.29, 0.717) is 18.7 Å². The molecule has 1 heterocycles. The van der Waals surface area contributed by atoms with Crippen LogP contribution in [0.4, 0.5) is 0 Å². The van der Waals surface area contributed by atoms with Crippen LogP contribution in [0.2, 0.25) is 0 Å². The van der Waals surface area contributed by atoms with Gasteiger partial charge in [-0.2, -0.15) is 0 Å². The van der Waals surface area contributed by atoms with Crippen LogP contribution in [0.5, 0.6) is 0 Å². The monoisotopic (exact) mass is 254 g/mol. The van der Waals surface area contributed by atoms with Gasteiger partial charge in [0, 0.05) is 6.54 Å². The second-order valence-electron chi connectivity index (χ2n) is 4.40. The average Bonchev–Trinajstić information content (AvgIpc) is 2.61. The number of aromatic carboxylic acids is 1. The number of aromatic nitrogens is 3. The Morgan fingerprint density at radius 3 is 2.61 bits per heavy atom. The van der Waals surface area contributed by atoms with Gasteiger partial charge in [-0.3, -0.25) is 4.79 Å². The zero-order chi connectivity index (χ0) is 13.7. The quantitative estimate of drug-likeness (QED) is 0.761. The number of carboxylic acid groups (broad SMARTS) is 1. The predicted octanol–water partition coefficient (Wildman–Crippen LogP) is 0.311. The van der Waals surface area contributed by atoms with Crippen molar-refractivity contribution in [2.75, 3.05) is 6.54 Å². The van der Waals surface area contributed by atoms with Gasteiger partial charge in [0.05, 0.1) is 5.69 Å². The highest BCUT2D eigenvalue weighted by Crippen LogP contribution is 2.11. The van der Waals surface area contributed by atoms with Gasteiger partial charge >= 0.3 is 5.97 Å². The van der Waals surface area contributed by atoms with E-state index in [1.165, 1.54) is 4.68 Å². The predicted molar refractivity (Wildman–Crippen MR) is 64.2 cm³/mol. The van der Waals surface area contributed by atoms with E-state index in [1.54, 1.807) is 0 Å². The smallest absolute Gasteiger partial charge is 0.358 e. The molecule has 100 valence electrons. The van der Waals surface area contributed by atoms with Crippen LogP contribution in [-0.2, 0) is 17.8 Å². The summed E-state index contributed by atoms with van der Waals surface area (Å²) in [6, 6.07) is 0. The van der Waals surface area contributed by atoms with E-state index in [1.807, 2.05) is 20.8 Å². The number of likely N-dealkylation sites (N-methyl/N-ethyl adjacent to an activating group) is 1. The molecule has 1 aromatic rings. The van der Waals surface area contributed by atoms with Crippen molar-refractivity contribution in [3.05, 3.63) is 11.4 Å². The largest absolute Gasteiger partial charge is 0.476 e. The topological polar surface area (TPSA) is 97.1 Å². The molecule has 7 nitrogen and oxygen atoms in total. The number of nitrogens with one attached hydrogen (secondary N) is 1. The summed E-state index contributed by atoms with van der Waals surface area (Å²) in [6.45, 7) is 6.27. The van der Waals surface area contributed by atoms with E-state index in [9.17, 15) is 9.59 Å². The first-order valence-corrected chi connectivity index (χ1v) is 5.88. The molecule has 1 rings (SSSR count). The molecule has 0 atom stereocenters. The van der Waals surface area contributed by atoms with Crippen molar-refractivity contribution in [3.8, 4) is 0 Å². The number of carbonyl (C=O) groups excluding carboxylic acids is 1. The van der Waals surface area contributed by atoms with Crippen LogP contribution in [-0.4, -0.2) is 38.5 Å². The molecule has 0 saturated heterocycles. The Kier molecular flexibility index (Phi) is 4.82. The second-order valence-corrected chi connectivity index (χ2v) is 4.40. The number of nitrogens with zero attached hydrogens (tertiary/aromatic N) is 3. The van der Waals surface area contributed by atoms with Crippen molar-refractivity contribution < 1.29 is 14.7 Å². The van der Waals surface area contributed by atoms with Gasteiger partial charge in [-0.25, -0.2) is 9.48 Å². The van der Waals surface area contributed by atoms with Crippen molar-refractivity contribution >= 4 is 11.9 Å². The summed E-state index contributed by atoms with van der Waals surface area (Å²) in [6.07, 6.45) is 0.522. The zero-order valence-corrected chi connectivity index (χ0v) is 10.8. The maximum atomic E-state index is 11.5. The lowest BCUT2D eigenvalue weighted by Crippen LogP contribution is -2.28. The van der Waals surface area contributed by atoms with Gasteiger partial charge in [0.15, 0.2) is 5.69 Å². The molecule has 2 N–H and O–H groups in total. The van der Waals surface area contributed by atoms with Crippen LogP contribution in [0.15, 0.2) is 0 Å². The lowest BCUT2D eigenvalue weighted by molar-refractivity contribution is -0.121. The maximum Gasteiger partial charge on any atom is 0.358 e. The normalized spacial score (nSPS) is 10.7. The third-order valence-corrected chi connectivity index (χ3v) is 2.31. The van der Waals surface area contributed by atoms with Crippen LogP contribution in [0.3, 0.4) is 0 Å². The van der Waals surface area contributed by atoms with Gasteiger partial charge in [-0.15, -0.1) is 5.10 Å². The van der Waals surface area contributed by atoms with Crippen molar-refractivity contribution in [1.82, 2.24) is 20.3 Å². The minimum Gasteiger partial charge on any atom is -0.476 e. The van der Waals surface area contributed by atoms with Gasteiger partial charge in [-0.05, 0) is 19.3 Å². The zero-order valence-electron chi connectivity index (χ0n) is 10.8. The first-order valence-electron chi connectivity index (χ1n) is 5.88. The molecule has 0 fully saturated rings. The van der Waals surface area contributed by atoms with Gasteiger partial charge in [0.1, 0.15) is 6.54 Å². The summed E-state index contributed by atoms with van der Waals surface area (Å²) in [5, 5.41) is 19.0. The van der Waals surface area contributed by atoms with Crippen LogP contribution in [0.25, 0.3) is 0 Å². The Morgan fingerprint density at radius 1 is 1.44 bits per heavy atom. The number of rotatable bonds is 6. The average molecular weight is 254 g/mol. The lowest BCUT2D eigenvalue weighted by Gasteiger charge is -2.08. The van der Waals surface area contributed by atoms with Crippen molar-refractivity contribution in [2.24, 2.45) is 5.92 Å². The summed E-state index contributed by atoms with van der Waals surface area (Å²) in [5.74, 6) is -1.06. The highest BCUT2D eigenvalue weighted by molar-refractivity contribution is 5.86. The molecule has 1 aromatic heterocycles. The number of carboxylic acids is 1. The minimum absolute atomic E-state index is 0.00380. The van der Waals surface area contributed by atoms with Crippen molar-refractivity contribution in [2.45, 2.75) is 33.7 Å². The van der Waals surface area contributed by atoms with Crippen LogP contribution < -0.4 is 5.32 Å². The number of amides is 1. The molecule has 0 radical (unpaired) electrons. The fourth-order valence-corrected chi connectivity index (χ4v) is 1.60. The van der Waals surface area contributed by atoms with Crippen molar-refractivity contribution in [1.29, 1.82) is 0 Å². The molecule has 0 aromatic carbocycles. The van der Waals surface area contributed by atoms with E-state index in [-0.39, 0.29) is 24.1 Å². The van der Waals surface area contributed by atoms with Gasteiger partial charge in [-0.1, -0.05) is 19.1 Å². The van der Waals surface area contributed by atoms with E-state index in [0.717, 1.165) is 0 Å². The summed E-state index contributed by atoms with van der Waals surface area (Å²) in [5.41, 5.74) is 0.414. The number of carbonyl (C=O) groups is 2. The summed E-state index contributed by atoms with van der Waals surface area (Å²) in [7, 11) is 0. The minimum atomic E-state index is -1.12. The molecule has 18 heavy (non-hydrogen) atoms. The molecule has 0 saturated carbocycles.